The van der Waals surface area contributed by atoms with Crippen molar-refractivity contribution in [2.75, 3.05) is 0 Å². The third kappa shape index (κ3) is 5.02. The molecule has 2 aromatic carbocycles. The molecule has 0 N–H and O–H groups in total. The number of thiophene rings is 1. The Morgan fingerprint density at radius 1 is 1.10 bits per heavy atom. The second-order valence-corrected chi connectivity index (χ2v) is 9.84. The molecule has 0 aliphatic rings. The van der Waals surface area contributed by atoms with Gasteiger partial charge in [0.05, 0.1) is 10.7 Å². The number of allylic oxidation sites excluding steroid dienone is 1. The van der Waals surface area contributed by atoms with Gasteiger partial charge in [-0.25, -0.2) is 8.42 Å². The SMILES string of the molecule is Cc1ccsc1/C=C(/C(=O)c1ccc([N+](=O)[O-])cc1)S(=O)(=O)Cc1ccc(Cl)cc1. The number of carbonyl (C=O) groups is 1. The molecule has 0 aliphatic carbocycles. The van der Waals surface area contributed by atoms with Gasteiger partial charge in [-0.1, -0.05) is 23.7 Å². The van der Waals surface area contributed by atoms with Gasteiger partial charge >= 0.3 is 0 Å². The van der Waals surface area contributed by atoms with Crippen LogP contribution in [0.5, 0.6) is 0 Å². The molecule has 30 heavy (non-hydrogen) atoms. The number of ketones is 1. The van der Waals surface area contributed by atoms with Gasteiger partial charge in [-0.3, -0.25) is 14.9 Å². The van der Waals surface area contributed by atoms with Crippen molar-refractivity contribution in [3.05, 3.63) is 102 Å². The number of halogens is 1. The lowest BCUT2D eigenvalue weighted by Gasteiger charge is -2.10. The lowest BCUT2D eigenvalue weighted by Crippen LogP contribution is -2.16. The van der Waals surface area contributed by atoms with E-state index in [2.05, 4.69) is 0 Å². The van der Waals surface area contributed by atoms with Crippen LogP contribution in [0, 0.1) is 17.0 Å². The summed E-state index contributed by atoms with van der Waals surface area (Å²) in [4.78, 5) is 23.7. The molecule has 154 valence electrons. The Bertz CT molecular complexity index is 1230. The third-order valence-corrected chi connectivity index (χ3v) is 7.24. The van der Waals surface area contributed by atoms with Gasteiger partial charge in [-0.05, 0) is 59.8 Å². The van der Waals surface area contributed by atoms with E-state index in [0.717, 1.165) is 5.56 Å². The van der Waals surface area contributed by atoms with Gasteiger partial charge in [0.1, 0.15) is 4.91 Å². The van der Waals surface area contributed by atoms with Crippen LogP contribution < -0.4 is 0 Å². The number of carbonyl (C=O) groups excluding carboxylic acids is 1. The fraction of sp³-hybridized carbons (Fsp3) is 0.0952. The van der Waals surface area contributed by atoms with Crippen LogP contribution in [0.1, 0.15) is 26.4 Å². The first kappa shape index (κ1) is 21.9. The first-order chi connectivity index (χ1) is 14.2. The Labute approximate surface area is 182 Å². The summed E-state index contributed by atoms with van der Waals surface area (Å²) in [6.45, 7) is 1.82. The van der Waals surface area contributed by atoms with Gasteiger partial charge in [0.2, 0.25) is 5.78 Å². The molecule has 0 aliphatic heterocycles. The molecule has 6 nitrogen and oxygen atoms in total. The molecule has 0 amide bonds. The molecular formula is C21H16ClNO5S2. The molecule has 0 fully saturated rings. The van der Waals surface area contributed by atoms with Crippen LogP contribution in [0.3, 0.4) is 0 Å². The molecule has 9 heteroatoms. The van der Waals surface area contributed by atoms with Crippen molar-refractivity contribution >= 4 is 50.3 Å². The summed E-state index contributed by atoms with van der Waals surface area (Å²) in [6, 6.07) is 13.0. The number of sulfone groups is 1. The predicted octanol–water partition coefficient (Wildman–Crippen LogP) is 5.46. The standard InChI is InChI=1S/C21H16ClNO5S2/c1-14-10-11-29-19(14)12-20(21(24)16-4-8-18(9-5-16)23(25)26)30(27,28)13-15-2-6-17(22)7-3-15/h2-12H,13H2,1H3/b20-12-. The quantitative estimate of drug-likeness (QED) is 0.201. The molecule has 0 atom stereocenters. The smallest absolute Gasteiger partial charge is 0.269 e. The molecule has 0 radical (unpaired) electrons. The van der Waals surface area contributed by atoms with Crippen LogP contribution in [0.4, 0.5) is 5.69 Å². The number of rotatable bonds is 7. The van der Waals surface area contributed by atoms with E-state index in [4.69, 9.17) is 11.6 Å². The van der Waals surface area contributed by atoms with Crippen LogP contribution in [-0.4, -0.2) is 19.1 Å². The highest BCUT2D eigenvalue weighted by Crippen LogP contribution is 2.27. The van der Waals surface area contributed by atoms with Crippen molar-refractivity contribution in [1.82, 2.24) is 0 Å². The van der Waals surface area contributed by atoms with E-state index in [9.17, 15) is 23.3 Å². The van der Waals surface area contributed by atoms with E-state index in [1.165, 1.54) is 41.7 Å². The minimum atomic E-state index is -4.01. The Hall–Kier alpha value is -2.81. The summed E-state index contributed by atoms with van der Waals surface area (Å²) >= 11 is 7.18. The highest BCUT2D eigenvalue weighted by molar-refractivity contribution is 7.95. The van der Waals surface area contributed by atoms with Crippen molar-refractivity contribution in [1.29, 1.82) is 0 Å². The lowest BCUT2D eigenvalue weighted by atomic mass is 10.1. The highest BCUT2D eigenvalue weighted by Gasteiger charge is 2.27. The first-order valence-electron chi connectivity index (χ1n) is 8.69. The summed E-state index contributed by atoms with van der Waals surface area (Å²) in [5.74, 6) is -1.09. The zero-order chi connectivity index (χ0) is 21.9. The van der Waals surface area contributed by atoms with Crippen molar-refractivity contribution in [3.63, 3.8) is 0 Å². The monoisotopic (exact) mass is 461 g/mol. The second kappa shape index (κ2) is 8.91. The van der Waals surface area contributed by atoms with Gasteiger partial charge < -0.3 is 0 Å². The van der Waals surface area contributed by atoms with E-state index in [1.54, 1.807) is 29.6 Å². The van der Waals surface area contributed by atoms with E-state index in [1.807, 2.05) is 13.0 Å². The van der Waals surface area contributed by atoms with Crippen molar-refractivity contribution < 1.29 is 18.1 Å². The maximum atomic E-state index is 13.2. The number of nitrogens with zero attached hydrogens (tertiary/aromatic N) is 1. The normalized spacial score (nSPS) is 12.0. The fourth-order valence-electron chi connectivity index (χ4n) is 2.70. The van der Waals surface area contributed by atoms with Gasteiger partial charge in [-0.15, -0.1) is 11.3 Å². The Kier molecular flexibility index (Phi) is 6.50. The number of non-ortho nitro benzene ring substituents is 1. The largest absolute Gasteiger partial charge is 0.288 e. The van der Waals surface area contributed by atoms with Crippen LogP contribution in [0.2, 0.25) is 5.02 Å². The molecule has 0 saturated carbocycles. The summed E-state index contributed by atoms with van der Waals surface area (Å²) < 4.78 is 26.4. The average Bonchev–Trinajstić information content (AvgIpc) is 3.11. The van der Waals surface area contributed by atoms with Crippen LogP contribution in [0.25, 0.3) is 6.08 Å². The molecule has 3 rings (SSSR count). The van der Waals surface area contributed by atoms with Gasteiger partial charge in [0.15, 0.2) is 9.84 Å². The number of hydrogen-bond acceptors (Lipinski definition) is 6. The van der Waals surface area contributed by atoms with Crippen LogP contribution >= 0.6 is 22.9 Å². The number of Topliss-reactive ketones (excluding diaryl/α,β-unsaturated/α-hetero) is 1. The minimum absolute atomic E-state index is 0.0562. The average molecular weight is 462 g/mol. The van der Waals surface area contributed by atoms with Gasteiger partial charge in [-0.2, -0.15) is 0 Å². The number of nitro benzene ring substituents is 1. The van der Waals surface area contributed by atoms with Crippen LogP contribution in [0.15, 0.2) is 64.9 Å². The summed E-state index contributed by atoms with van der Waals surface area (Å²) in [5.41, 5.74) is 1.20. The number of benzene rings is 2. The Morgan fingerprint density at radius 3 is 2.27 bits per heavy atom. The summed E-state index contributed by atoms with van der Waals surface area (Å²) in [5, 5.41) is 13.1. The molecular weight excluding hydrogens is 446 g/mol. The third-order valence-electron chi connectivity index (χ3n) is 4.33. The molecule has 0 saturated heterocycles. The van der Waals surface area contributed by atoms with Gasteiger partial charge in [0.25, 0.3) is 5.69 Å². The zero-order valence-corrected chi connectivity index (χ0v) is 18.1. The molecule has 0 spiro atoms. The number of hydrogen-bond donors (Lipinski definition) is 0. The van der Waals surface area contributed by atoms with E-state index in [0.29, 0.717) is 15.5 Å². The van der Waals surface area contributed by atoms with E-state index in [-0.39, 0.29) is 21.9 Å². The fourth-order valence-corrected chi connectivity index (χ4v) is 5.25. The maximum Gasteiger partial charge on any atom is 0.269 e. The molecule has 1 aromatic heterocycles. The number of nitro groups is 1. The topological polar surface area (TPSA) is 94.3 Å². The second-order valence-electron chi connectivity index (χ2n) is 6.50. The highest BCUT2D eigenvalue weighted by atomic mass is 35.5. The minimum Gasteiger partial charge on any atom is -0.288 e. The molecule has 0 bridgehead atoms. The first-order valence-corrected chi connectivity index (χ1v) is 11.6. The van der Waals surface area contributed by atoms with Crippen molar-refractivity contribution in [2.45, 2.75) is 12.7 Å². The summed E-state index contributed by atoms with van der Waals surface area (Å²) in [6.07, 6.45) is 1.37. The van der Waals surface area contributed by atoms with E-state index >= 15 is 0 Å². The van der Waals surface area contributed by atoms with Crippen molar-refractivity contribution in [3.8, 4) is 0 Å². The van der Waals surface area contributed by atoms with Crippen molar-refractivity contribution in [2.24, 2.45) is 0 Å². The van der Waals surface area contributed by atoms with Crippen LogP contribution in [-0.2, 0) is 15.6 Å². The van der Waals surface area contributed by atoms with E-state index < -0.39 is 20.5 Å². The molecule has 3 aromatic rings. The Morgan fingerprint density at radius 2 is 1.73 bits per heavy atom. The number of aryl methyl sites for hydroxylation is 1. The van der Waals surface area contributed by atoms with Gasteiger partial charge in [0, 0.05) is 27.6 Å². The predicted molar refractivity (Wildman–Crippen MR) is 119 cm³/mol. The molecule has 1 heterocycles. The summed E-state index contributed by atoms with van der Waals surface area (Å²) in [7, 11) is -4.01. The maximum absolute atomic E-state index is 13.2. The Balaban J connectivity index is 2.05. The lowest BCUT2D eigenvalue weighted by molar-refractivity contribution is -0.384. The molecule has 0 unspecified atom stereocenters. The zero-order valence-electron chi connectivity index (χ0n) is 15.7.